The van der Waals surface area contributed by atoms with E-state index in [0.717, 1.165) is 12.1 Å². The molecule has 0 heterocycles. The first-order chi connectivity index (χ1) is 6.07. The number of rotatable bonds is 2. The highest BCUT2D eigenvalue weighted by Crippen LogP contribution is 2.22. The van der Waals surface area contributed by atoms with Crippen LogP contribution in [-0.4, -0.2) is 5.24 Å². The van der Waals surface area contributed by atoms with Crippen LogP contribution in [0.4, 0.5) is 14.5 Å². The molecule has 0 radical (unpaired) electrons. The van der Waals surface area contributed by atoms with Crippen molar-refractivity contribution in [2.24, 2.45) is 0 Å². The van der Waals surface area contributed by atoms with Crippen LogP contribution in [-0.2, 0) is 0 Å². The smallest absolute Gasteiger partial charge is 0.258 e. The van der Waals surface area contributed by atoms with Crippen LogP contribution in [0.5, 0.6) is 0 Å². The number of nitrogens with one attached hydrogen (secondary N) is 1. The quantitative estimate of drug-likeness (QED) is 0.597. The first-order valence-electron chi connectivity index (χ1n) is 3.14. The van der Waals surface area contributed by atoms with Crippen molar-refractivity contribution in [3.05, 3.63) is 34.5 Å². The summed E-state index contributed by atoms with van der Waals surface area (Å²) in [5.41, 5.74) is -0.236. The molecule has 3 nitrogen and oxygen atoms in total. The van der Waals surface area contributed by atoms with E-state index in [9.17, 15) is 18.8 Å². The molecule has 0 amide bonds. The molecule has 1 aromatic rings. The Balaban J connectivity index is 3.38. The van der Waals surface area contributed by atoms with Crippen molar-refractivity contribution in [1.82, 2.24) is 0 Å². The molecule has 0 atom stereocenters. The summed E-state index contributed by atoms with van der Waals surface area (Å²) in [6.07, 6.45) is 0. The SMILES string of the molecule is O=C(Cl)c1c(F)ccc(N[O-])c1F. The van der Waals surface area contributed by atoms with Crippen molar-refractivity contribution in [2.75, 3.05) is 5.48 Å². The van der Waals surface area contributed by atoms with Gasteiger partial charge in [-0.2, -0.15) is 0 Å². The van der Waals surface area contributed by atoms with Crippen molar-refractivity contribution in [3.8, 4) is 0 Å². The second-order valence-electron chi connectivity index (χ2n) is 2.16. The van der Waals surface area contributed by atoms with Crippen LogP contribution in [0.1, 0.15) is 10.4 Å². The number of hydrogen-bond acceptors (Lipinski definition) is 3. The van der Waals surface area contributed by atoms with Crippen LogP contribution < -0.4 is 5.48 Å². The molecule has 6 heteroatoms. The van der Waals surface area contributed by atoms with E-state index in [0.29, 0.717) is 0 Å². The van der Waals surface area contributed by atoms with Crippen LogP contribution >= 0.6 is 11.6 Å². The Kier molecular flexibility index (Phi) is 2.79. The number of carbonyl (C=O) groups is 1. The molecule has 0 aliphatic rings. The third-order valence-electron chi connectivity index (χ3n) is 1.40. The fourth-order valence-electron chi connectivity index (χ4n) is 0.811. The number of benzene rings is 1. The van der Waals surface area contributed by atoms with Crippen molar-refractivity contribution in [1.29, 1.82) is 0 Å². The van der Waals surface area contributed by atoms with Gasteiger partial charge < -0.3 is 10.7 Å². The van der Waals surface area contributed by atoms with E-state index in [1.807, 2.05) is 0 Å². The van der Waals surface area contributed by atoms with Gasteiger partial charge in [0, 0.05) is 0 Å². The van der Waals surface area contributed by atoms with Gasteiger partial charge in [0.2, 0.25) is 0 Å². The zero-order valence-electron chi connectivity index (χ0n) is 6.11. The van der Waals surface area contributed by atoms with E-state index in [4.69, 9.17) is 11.6 Å². The number of carbonyl (C=O) groups excluding carboxylic acids is 1. The largest absolute Gasteiger partial charge is 0.761 e. The van der Waals surface area contributed by atoms with Crippen molar-refractivity contribution in [3.63, 3.8) is 0 Å². The van der Waals surface area contributed by atoms with Gasteiger partial charge in [-0.25, -0.2) is 8.78 Å². The Labute approximate surface area is 76.9 Å². The highest BCUT2D eigenvalue weighted by Gasteiger charge is 2.17. The molecule has 0 spiro atoms. The minimum absolute atomic E-state index is 0.523. The predicted molar refractivity (Wildman–Crippen MR) is 43.5 cm³/mol. The summed E-state index contributed by atoms with van der Waals surface area (Å²) in [5.74, 6) is -2.38. The lowest BCUT2D eigenvalue weighted by Crippen LogP contribution is -2.02. The first kappa shape index (κ1) is 9.88. The summed E-state index contributed by atoms with van der Waals surface area (Å²) < 4.78 is 25.7. The zero-order valence-corrected chi connectivity index (χ0v) is 6.86. The molecule has 13 heavy (non-hydrogen) atoms. The topological polar surface area (TPSA) is 52.2 Å². The van der Waals surface area contributed by atoms with Crippen molar-refractivity contribution >= 4 is 22.5 Å². The van der Waals surface area contributed by atoms with Gasteiger partial charge in [0.15, 0.2) is 5.82 Å². The minimum atomic E-state index is -1.29. The fourth-order valence-corrected chi connectivity index (χ4v) is 0.985. The molecular weight excluding hydrogens is 204 g/mol. The van der Waals surface area contributed by atoms with Gasteiger partial charge in [-0.05, 0) is 23.7 Å². The van der Waals surface area contributed by atoms with E-state index in [-0.39, 0.29) is 0 Å². The van der Waals surface area contributed by atoms with Crippen LogP contribution in [0.15, 0.2) is 12.1 Å². The molecule has 1 rings (SSSR count). The Hall–Kier alpha value is -1.20. The summed E-state index contributed by atoms with van der Waals surface area (Å²) >= 11 is 4.89. The predicted octanol–water partition coefficient (Wildman–Crippen LogP) is 2.25. The Bertz CT molecular complexity index is 357. The molecule has 0 aromatic heterocycles. The van der Waals surface area contributed by atoms with Crippen molar-refractivity contribution in [2.45, 2.75) is 0 Å². The van der Waals surface area contributed by atoms with E-state index < -0.39 is 28.1 Å². The first-order valence-corrected chi connectivity index (χ1v) is 3.51. The maximum atomic E-state index is 13.0. The third kappa shape index (κ3) is 1.76. The summed E-state index contributed by atoms with van der Waals surface area (Å²) in [6.45, 7) is 0. The molecule has 1 aromatic carbocycles. The molecule has 0 aliphatic heterocycles. The van der Waals surface area contributed by atoms with Crippen LogP contribution in [0.25, 0.3) is 0 Å². The zero-order chi connectivity index (χ0) is 10.0. The van der Waals surface area contributed by atoms with E-state index in [1.165, 1.54) is 5.48 Å². The van der Waals surface area contributed by atoms with E-state index in [1.54, 1.807) is 0 Å². The fraction of sp³-hybridized carbons (Fsp3) is 0. The second kappa shape index (κ2) is 3.68. The van der Waals surface area contributed by atoms with E-state index >= 15 is 0 Å². The number of hydrogen-bond donors (Lipinski definition) is 1. The molecule has 0 saturated heterocycles. The molecule has 70 valence electrons. The van der Waals surface area contributed by atoms with Crippen molar-refractivity contribution < 1.29 is 13.6 Å². The lowest BCUT2D eigenvalue weighted by atomic mass is 10.2. The standard InChI is InChI=1S/C7H3ClF2NO2/c8-7(12)5-3(9)1-2-4(11-13)6(5)10/h1-2,11H/q-1. The van der Waals surface area contributed by atoms with Gasteiger partial charge in [0.25, 0.3) is 5.24 Å². The average Bonchev–Trinajstić information content (AvgIpc) is 2.04. The lowest BCUT2D eigenvalue weighted by Gasteiger charge is -2.11. The molecule has 0 aliphatic carbocycles. The number of anilines is 1. The van der Waals surface area contributed by atoms with Gasteiger partial charge in [-0.3, -0.25) is 4.79 Å². The van der Waals surface area contributed by atoms with Crippen LogP contribution in [0.2, 0.25) is 0 Å². The van der Waals surface area contributed by atoms with Crippen LogP contribution in [0, 0.1) is 16.8 Å². The van der Waals surface area contributed by atoms with Gasteiger partial charge in [-0.1, -0.05) is 0 Å². The second-order valence-corrected chi connectivity index (χ2v) is 2.50. The summed E-state index contributed by atoms with van der Waals surface area (Å²) in [7, 11) is 0. The van der Waals surface area contributed by atoms with Gasteiger partial charge in [-0.15, -0.1) is 0 Å². The van der Waals surface area contributed by atoms with E-state index in [2.05, 4.69) is 0 Å². The minimum Gasteiger partial charge on any atom is -0.761 e. The normalized spacial score (nSPS) is 9.85. The summed E-state index contributed by atoms with van der Waals surface area (Å²) in [5, 5.41) is 8.79. The van der Waals surface area contributed by atoms with Crippen LogP contribution in [0.3, 0.4) is 0 Å². The summed E-state index contributed by atoms with van der Waals surface area (Å²) in [4.78, 5) is 10.5. The summed E-state index contributed by atoms with van der Waals surface area (Å²) in [6, 6.07) is 1.65. The maximum absolute atomic E-state index is 13.0. The molecule has 1 N–H and O–H groups in total. The van der Waals surface area contributed by atoms with Gasteiger partial charge in [0.05, 0.1) is 5.69 Å². The molecule has 0 unspecified atom stereocenters. The highest BCUT2D eigenvalue weighted by molar-refractivity contribution is 6.67. The monoisotopic (exact) mass is 206 g/mol. The average molecular weight is 207 g/mol. The number of halogens is 3. The Morgan fingerprint density at radius 1 is 1.46 bits per heavy atom. The van der Waals surface area contributed by atoms with Gasteiger partial charge in [0.1, 0.15) is 11.4 Å². The van der Waals surface area contributed by atoms with Gasteiger partial charge >= 0.3 is 0 Å². The Morgan fingerprint density at radius 3 is 2.54 bits per heavy atom. The molecular formula is C7H3ClF2NO2-. The third-order valence-corrected chi connectivity index (χ3v) is 1.59. The molecule has 0 saturated carbocycles. The lowest BCUT2D eigenvalue weighted by molar-refractivity contribution is 0.107. The molecule has 0 fully saturated rings. The molecule has 0 bridgehead atoms. The maximum Gasteiger partial charge on any atom is 0.258 e. The Morgan fingerprint density at radius 2 is 2.08 bits per heavy atom. The highest BCUT2D eigenvalue weighted by atomic mass is 35.5.